The highest BCUT2D eigenvalue weighted by Gasteiger charge is 2.32. The zero-order valence-electron chi connectivity index (χ0n) is 11.3. The van der Waals surface area contributed by atoms with E-state index in [1.807, 2.05) is 27.0 Å². The molecule has 3 heteroatoms. The second-order valence-electron chi connectivity index (χ2n) is 4.65. The molecular formula is C14H22FNO. The van der Waals surface area contributed by atoms with Crippen LogP contribution in [0.25, 0.3) is 0 Å². The van der Waals surface area contributed by atoms with E-state index in [-0.39, 0.29) is 17.5 Å². The number of benzene rings is 1. The molecule has 0 aliphatic carbocycles. The minimum Gasteiger partial charge on any atom is -0.377 e. The number of hydrogen-bond donors (Lipinski definition) is 1. The van der Waals surface area contributed by atoms with Crippen molar-refractivity contribution in [3.05, 3.63) is 35.1 Å². The molecule has 1 rings (SSSR count). The number of aryl methyl sites for hydroxylation is 1. The van der Waals surface area contributed by atoms with Crippen molar-refractivity contribution in [2.45, 2.75) is 38.8 Å². The lowest BCUT2D eigenvalue weighted by Gasteiger charge is -2.36. The maximum atomic E-state index is 13.5. The van der Waals surface area contributed by atoms with E-state index in [0.29, 0.717) is 0 Å². The van der Waals surface area contributed by atoms with Gasteiger partial charge in [-0.1, -0.05) is 13.0 Å². The number of methoxy groups -OCH3 is 1. The fourth-order valence-corrected chi connectivity index (χ4v) is 2.22. The molecule has 2 unspecified atom stereocenters. The molecule has 2 atom stereocenters. The molecule has 0 spiro atoms. The van der Waals surface area contributed by atoms with Crippen molar-refractivity contribution >= 4 is 0 Å². The normalized spacial score (nSPS) is 16.6. The molecular weight excluding hydrogens is 217 g/mol. The van der Waals surface area contributed by atoms with Crippen LogP contribution < -0.4 is 5.32 Å². The highest BCUT2D eigenvalue weighted by atomic mass is 19.1. The molecule has 0 aromatic heterocycles. The van der Waals surface area contributed by atoms with Crippen LogP contribution in [0.2, 0.25) is 0 Å². The third kappa shape index (κ3) is 3.05. The molecule has 0 fully saturated rings. The minimum atomic E-state index is -0.338. The van der Waals surface area contributed by atoms with Crippen LogP contribution in [0, 0.1) is 12.7 Å². The Labute approximate surface area is 103 Å². The van der Waals surface area contributed by atoms with E-state index >= 15 is 0 Å². The SMILES string of the molecule is CCC(C)(OC)C(NC)c1cc(C)cc(F)c1. The van der Waals surface area contributed by atoms with Gasteiger partial charge in [-0.2, -0.15) is 0 Å². The van der Waals surface area contributed by atoms with Crippen LogP contribution in [-0.2, 0) is 4.74 Å². The van der Waals surface area contributed by atoms with Gasteiger partial charge in [0.15, 0.2) is 0 Å². The lowest BCUT2D eigenvalue weighted by molar-refractivity contribution is -0.0281. The van der Waals surface area contributed by atoms with E-state index < -0.39 is 0 Å². The number of ether oxygens (including phenoxy) is 1. The van der Waals surface area contributed by atoms with Crippen molar-refractivity contribution in [2.24, 2.45) is 0 Å². The van der Waals surface area contributed by atoms with Crippen molar-refractivity contribution in [1.29, 1.82) is 0 Å². The number of halogens is 1. The molecule has 0 heterocycles. The van der Waals surface area contributed by atoms with Crippen molar-refractivity contribution in [1.82, 2.24) is 5.32 Å². The van der Waals surface area contributed by atoms with Crippen LogP contribution in [0.4, 0.5) is 4.39 Å². The largest absolute Gasteiger partial charge is 0.377 e. The maximum absolute atomic E-state index is 13.5. The van der Waals surface area contributed by atoms with Gasteiger partial charge >= 0.3 is 0 Å². The highest BCUT2D eigenvalue weighted by molar-refractivity contribution is 5.28. The van der Waals surface area contributed by atoms with E-state index in [0.717, 1.165) is 17.5 Å². The molecule has 96 valence electrons. The Kier molecular flexibility index (Phi) is 4.66. The summed E-state index contributed by atoms with van der Waals surface area (Å²) < 4.78 is 19.0. The van der Waals surface area contributed by atoms with Gasteiger partial charge < -0.3 is 10.1 Å². The first-order chi connectivity index (χ1) is 7.96. The first-order valence-electron chi connectivity index (χ1n) is 5.96. The molecule has 0 saturated carbocycles. The predicted octanol–water partition coefficient (Wildman–Crippen LogP) is 3.21. The van der Waals surface area contributed by atoms with E-state index in [2.05, 4.69) is 12.2 Å². The van der Waals surface area contributed by atoms with Gasteiger partial charge in [-0.05, 0) is 50.6 Å². The minimum absolute atomic E-state index is 0.0214. The molecule has 0 saturated heterocycles. The third-order valence-electron chi connectivity index (χ3n) is 3.47. The van der Waals surface area contributed by atoms with Gasteiger partial charge in [0.1, 0.15) is 5.82 Å². The van der Waals surface area contributed by atoms with Crippen molar-refractivity contribution in [3.8, 4) is 0 Å². The summed E-state index contributed by atoms with van der Waals surface area (Å²) in [7, 11) is 3.57. The second-order valence-corrected chi connectivity index (χ2v) is 4.65. The third-order valence-corrected chi connectivity index (χ3v) is 3.47. The summed E-state index contributed by atoms with van der Waals surface area (Å²) in [6, 6.07) is 5.08. The Bertz CT molecular complexity index is 354. The van der Waals surface area contributed by atoms with E-state index in [1.165, 1.54) is 6.07 Å². The molecule has 1 N–H and O–H groups in total. The Morgan fingerprint density at radius 3 is 2.47 bits per heavy atom. The lowest BCUT2D eigenvalue weighted by Crippen LogP contribution is -2.41. The molecule has 0 bridgehead atoms. The zero-order chi connectivity index (χ0) is 13.1. The predicted molar refractivity (Wildman–Crippen MR) is 68.6 cm³/mol. The van der Waals surface area contributed by atoms with Gasteiger partial charge in [-0.25, -0.2) is 4.39 Å². The van der Waals surface area contributed by atoms with Gasteiger partial charge in [0.05, 0.1) is 11.6 Å². The van der Waals surface area contributed by atoms with Crippen LogP contribution in [0.1, 0.15) is 37.4 Å². The zero-order valence-corrected chi connectivity index (χ0v) is 11.3. The van der Waals surface area contributed by atoms with Crippen molar-refractivity contribution in [3.63, 3.8) is 0 Å². The molecule has 1 aromatic rings. The van der Waals surface area contributed by atoms with E-state index in [1.54, 1.807) is 13.2 Å². The summed E-state index contributed by atoms with van der Waals surface area (Å²) in [4.78, 5) is 0. The standard InChI is InChI=1S/C14H22FNO/c1-6-14(3,17-5)13(16-4)11-7-10(2)8-12(15)9-11/h7-9,13,16H,6H2,1-5H3. The Hall–Kier alpha value is -0.930. The average Bonchev–Trinajstić information content (AvgIpc) is 2.28. The van der Waals surface area contributed by atoms with E-state index in [9.17, 15) is 4.39 Å². The fourth-order valence-electron chi connectivity index (χ4n) is 2.22. The average molecular weight is 239 g/mol. The quantitative estimate of drug-likeness (QED) is 0.852. The first-order valence-corrected chi connectivity index (χ1v) is 5.96. The molecule has 17 heavy (non-hydrogen) atoms. The Balaban J connectivity index is 3.17. The van der Waals surface area contributed by atoms with Gasteiger partial charge in [-0.15, -0.1) is 0 Å². The Morgan fingerprint density at radius 1 is 1.41 bits per heavy atom. The first kappa shape index (κ1) is 14.1. The summed E-state index contributed by atoms with van der Waals surface area (Å²) in [6.45, 7) is 6.00. The van der Waals surface area contributed by atoms with Gasteiger partial charge in [0.2, 0.25) is 0 Å². The highest BCUT2D eigenvalue weighted by Crippen LogP contribution is 2.32. The molecule has 0 radical (unpaired) electrons. The van der Waals surface area contributed by atoms with Crippen molar-refractivity contribution in [2.75, 3.05) is 14.2 Å². The summed E-state index contributed by atoms with van der Waals surface area (Å²) in [5.41, 5.74) is 1.51. The van der Waals surface area contributed by atoms with Crippen molar-refractivity contribution < 1.29 is 9.13 Å². The van der Waals surface area contributed by atoms with E-state index in [4.69, 9.17) is 4.74 Å². The lowest BCUT2D eigenvalue weighted by atomic mass is 9.87. The van der Waals surface area contributed by atoms with Crippen LogP contribution in [0.5, 0.6) is 0 Å². The maximum Gasteiger partial charge on any atom is 0.123 e. The molecule has 1 aromatic carbocycles. The summed E-state index contributed by atoms with van der Waals surface area (Å²) in [6.07, 6.45) is 0.852. The smallest absolute Gasteiger partial charge is 0.123 e. The summed E-state index contributed by atoms with van der Waals surface area (Å²) in [5.74, 6) is -0.199. The summed E-state index contributed by atoms with van der Waals surface area (Å²) in [5, 5.41) is 3.22. The van der Waals surface area contributed by atoms with Gasteiger partial charge in [-0.3, -0.25) is 0 Å². The number of hydrogen-bond acceptors (Lipinski definition) is 2. The van der Waals surface area contributed by atoms with Crippen LogP contribution in [-0.4, -0.2) is 19.8 Å². The Morgan fingerprint density at radius 2 is 2.06 bits per heavy atom. The van der Waals surface area contributed by atoms with Crippen LogP contribution in [0.3, 0.4) is 0 Å². The summed E-state index contributed by atoms with van der Waals surface area (Å²) >= 11 is 0. The molecule has 2 nitrogen and oxygen atoms in total. The van der Waals surface area contributed by atoms with Gasteiger partial charge in [0, 0.05) is 7.11 Å². The monoisotopic (exact) mass is 239 g/mol. The number of nitrogens with one attached hydrogen (secondary N) is 1. The number of likely N-dealkylation sites (N-methyl/N-ethyl adjacent to an activating group) is 1. The van der Waals surface area contributed by atoms with Crippen LogP contribution in [0.15, 0.2) is 18.2 Å². The second kappa shape index (κ2) is 5.61. The topological polar surface area (TPSA) is 21.3 Å². The molecule has 0 aliphatic rings. The van der Waals surface area contributed by atoms with Crippen LogP contribution >= 0.6 is 0 Å². The number of rotatable bonds is 5. The molecule has 0 amide bonds. The van der Waals surface area contributed by atoms with Gasteiger partial charge in [0.25, 0.3) is 0 Å². The molecule has 0 aliphatic heterocycles. The fraction of sp³-hybridized carbons (Fsp3) is 0.571.